The van der Waals surface area contributed by atoms with Crippen molar-refractivity contribution in [3.63, 3.8) is 0 Å². The molecule has 102 valence electrons. The van der Waals surface area contributed by atoms with Gasteiger partial charge in [0.1, 0.15) is 5.69 Å². The molecule has 0 fully saturated rings. The highest BCUT2D eigenvalue weighted by molar-refractivity contribution is 9.11. The van der Waals surface area contributed by atoms with Crippen molar-refractivity contribution < 1.29 is 0 Å². The third-order valence-corrected chi connectivity index (χ3v) is 4.61. The van der Waals surface area contributed by atoms with E-state index in [9.17, 15) is 0 Å². The highest BCUT2D eigenvalue weighted by Gasteiger charge is 2.12. The molecule has 0 N–H and O–H groups in total. The third-order valence-electron chi connectivity index (χ3n) is 2.96. The van der Waals surface area contributed by atoms with E-state index in [0.717, 1.165) is 20.1 Å². The molecule has 0 aliphatic heterocycles. The molecule has 0 saturated carbocycles. The van der Waals surface area contributed by atoms with Crippen LogP contribution in [0.2, 0.25) is 0 Å². The maximum absolute atomic E-state index is 4.54. The average Bonchev–Trinajstić information content (AvgIpc) is 3.14. The van der Waals surface area contributed by atoms with Crippen LogP contribution in [0.4, 0.5) is 0 Å². The lowest BCUT2D eigenvalue weighted by atomic mass is 10.3. The molecule has 0 aliphatic carbocycles. The second kappa shape index (κ2) is 5.01. The second-order valence-electron chi connectivity index (χ2n) is 4.30. The van der Waals surface area contributed by atoms with E-state index in [2.05, 4.69) is 36.0 Å². The summed E-state index contributed by atoms with van der Waals surface area (Å²) in [5, 5.41) is 4.54. The van der Waals surface area contributed by atoms with Crippen LogP contribution in [-0.4, -0.2) is 24.6 Å². The van der Waals surface area contributed by atoms with Crippen molar-refractivity contribution >= 4 is 33.0 Å². The minimum absolute atomic E-state index is 0.567. The Balaban J connectivity index is 1.92. The molecule has 4 aromatic rings. The maximum atomic E-state index is 4.54. The van der Waals surface area contributed by atoms with Crippen LogP contribution in [0, 0.1) is 0 Å². The standard InChI is InChI=1S/C14H8BrN5S/c15-12-5-4-11(21-12)10-6-8-17-14-18-13(19-20(10)14)9-3-1-2-7-16-9/h1-8H. The van der Waals surface area contributed by atoms with Crippen LogP contribution in [0.3, 0.4) is 0 Å². The summed E-state index contributed by atoms with van der Waals surface area (Å²) in [5.41, 5.74) is 1.70. The van der Waals surface area contributed by atoms with Crippen molar-refractivity contribution in [2.45, 2.75) is 0 Å². The van der Waals surface area contributed by atoms with E-state index in [1.54, 1.807) is 28.2 Å². The Kier molecular flexibility index (Phi) is 3.01. The van der Waals surface area contributed by atoms with Crippen molar-refractivity contribution in [1.29, 1.82) is 0 Å². The summed E-state index contributed by atoms with van der Waals surface area (Å²) < 4.78 is 2.83. The van der Waals surface area contributed by atoms with Gasteiger partial charge in [-0.05, 0) is 46.3 Å². The molecule has 0 bridgehead atoms. The van der Waals surface area contributed by atoms with Crippen LogP contribution in [0.15, 0.2) is 52.6 Å². The van der Waals surface area contributed by atoms with E-state index in [1.807, 2.05) is 36.4 Å². The van der Waals surface area contributed by atoms with Gasteiger partial charge in [-0.1, -0.05) is 6.07 Å². The lowest BCUT2D eigenvalue weighted by Gasteiger charge is -1.99. The van der Waals surface area contributed by atoms with E-state index >= 15 is 0 Å². The van der Waals surface area contributed by atoms with Gasteiger partial charge in [-0.15, -0.1) is 16.4 Å². The fourth-order valence-corrected chi connectivity index (χ4v) is 3.43. The molecular formula is C14H8BrN5S. The number of nitrogens with zero attached hydrogens (tertiary/aromatic N) is 5. The van der Waals surface area contributed by atoms with E-state index in [-0.39, 0.29) is 0 Å². The molecule has 0 radical (unpaired) electrons. The zero-order valence-corrected chi connectivity index (χ0v) is 13.0. The topological polar surface area (TPSA) is 56.0 Å². The van der Waals surface area contributed by atoms with Crippen molar-refractivity contribution in [2.75, 3.05) is 0 Å². The molecule has 0 amide bonds. The summed E-state index contributed by atoms with van der Waals surface area (Å²) in [5.74, 6) is 1.14. The highest BCUT2D eigenvalue weighted by Crippen LogP contribution is 2.31. The van der Waals surface area contributed by atoms with Gasteiger partial charge in [-0.2, -0.15) is 9.50 Å². The first kappa shape index (κ1) is 12.6. The monoisotopic (exact) mass is 357 g/mol. The Morgan fingerprint density at radius 1 is 1.00 bits per heavy atom. The Morgan fingerprint density at radius 3 is 2.71 bits per heavy atom. The predicted octanol–water partition coefficient (Wildman–Crippen LogP) is 3.68. The zero-order valence-electron chi connectivity index (χ0n) is 10.6. The van der Waals surface area contributed by atoms with Crippen molar-refractivity contribution in [3.8, 4) is 22.1 Å². The lowest BCUT2D eigenvalue weighted by Crippen LogP contribution is -1.94. The molecule has 0 saturated heterocycles. The van der Waals surface area contributed by atoms with Gasteiger partial charge >= 0.3 is 0 Å². The van der Waals surface area contributed by atoms with E-state index in [1.165, 1.54) is 0 Å². The predicted molar refractivity (Wildman–Crippen MR) is 85.0 cm³/mol. The minimum atomic E-state index is 0.567. The number of halogens is 1. The second-order valence-corrected chi connectivity index (χ2v) is 6.76. The van der Waals surface area contributed by atoms with Gasteiger partial charge in [0.05, 0.1) is 14.4 Å². The fraction of sp³-hybridized carbons (Fsp3) is 0. The van der Waals surface area contributed by atoms with Gasteiger partial charge in [0.2, 0.25) is 5.82 Å². The first-order valence-electron chi connectivity index (χ1n) is 6.20. The summed E-state index contributed by atoms with van der Waals surface area (Å²) >= 11 is 5.13. The van der Waals surface area contributed by atoms with Crippen LogP contribution in [0.5, 0.6) is 0 Å². The average molecular weight is 358 g/mol. The van der Waals surface area contributed by atoms with Crippen LogP contribution in [0.25, 0.3) is 27.9 Å². The molecule has 4 rings (SSSR count). The van der Waals surface area contributed by atoms with Gasteiger partial charge in [-0.3, -0.25) is 4.98 Å². The van der Waals surface area contributed by atoms with Crippen LogP contribution < -0.4 is 0 Å². The van der Waals surface area contributed by atoms with Gasteiger partial charge in [0.15, 0.2) is 0 Å². The van der Waals surface area contributed by atoms with E-state index in [4.69, 9.17) is 0 Å². The fourth-order valence-electron chi connectivity index (χ4n) is 2.04. The van der Waals surface area contributed by atoms with Gasteiger partial charge in [-0.25, -0.2) is 4.98 Å². The quantitative estimate of drug-likeness (QED) is 0.549. The lowest BCUT2D eigenvalue weighted by molar-refractivity contribution is 0.951. The summed E-state index contributed by atoms with van der Waals surface area (Å²) in [6.45, 7) is 0. The molecule has 4 heterocycles. The number of hydrogen-bond acceptors (Lipinski definition) is 5. The molecule has 5 nitrogen and oxygen atoms in total. The molecule has 0 spiro atoms. The Hall–Kier alpha value is -2.12. The third kappa shape index (κ3) is 2.24. The van der Waals surface area contributed by atoms with Gasteiger partial charge in [0, 0.05) is 12.4 Å². The molecule has 0 atom stereocenters. The number of thiophene rings is 1. The van der Waals surface area contributed by atoms with Crippen molar-refractivity contribution in [2.24, 2.45) is 0 Å². The highest BCUT2D eigenvalue weighted by atomic mass is 79.9. The van der Waals surface area contributed by atoms with Gasteiger partial charge < -0.3 is 0 Å². The summed E-state index contributed by atoms with van der Waals surface area (Å²) in [6.07, 6.45) is 3.47. The van der Waals surface area contributed by atoms with E-state index in [0.29, 0.717) is 11.6 Å². The zero-order chi connectivity index (χ0) is 14.2. The molecule has 0 aliphatic rings. The SMILES string of the molecule is Brc1ccc(-c2ccnc3nc(-c4ccccn4)nn23)s1. The summed E-state index contributed by atoms with van der Waals surface area (Å²) in [6, 6.07) is 11.7. The van der Waals surface area contributed by atoms with Crippen molar-refractivity contribution in [3.05, 3.63) is 52.6 Å². The number of pyridine rings is 1. The Bertz CT molecular complexity index is 915. The molecule has 0 aromatic carbocycles. The normalized spacial score (nSPS) is 11.1. The number of rotatable bonds is 2. The first-order valence-corrected chi connectivity index (χ1v) is 7.81. The summed E-state index contributed by atoms with van der Waals surface area (Å²) in [4.78, 5) is 14.1. The minimum Gasteiger partial charge on any atom is -0.253 e. The Morgan fingerprint density at radius 2 is 1.95 bits per heavy atom. The van der Waals surface area contributed by atoms with Crippen molar-refractivity contribution in [1.82, 2.24) is 24.6 Å². The van der Waals surface area contributed by atoms with Crippen LogP contribution in [-0.2, 0) is 0 Å². The molecular weight excluding hydrogens is 350 g/mol. The van der Waals surface area contributed by atoms with E-state index < -0.39 is 0 Å². The molecule has 4 aromatic heterocycles. The van der Waals surface area contributed by atoms with Gasteiger partial charge in [0.25, 0.3) is 5.78 Å². The number of fused-ring (bicyclic) bond motifs is 1. The summed E-state index contributed by atoms with van der Waals surface area (Å²) in [7, 11) is 0. The smallest absolute Gasteiger partial charge is 0.253 e. The van der Waals surface area contributed by atoms with Crippen LogP contribution in [0.1, 0.15) is 0 Å². The number of hydrogen-bond donors (Lipinski definition) is 0. The number of aromatic nitrogens is 5. The maximum Gasteiger partial charge on any atom is 0.253 e. The Labute approximate surface area is 132 Å². The molecule has 0 unspecified atom stereocenters. The van der Waals surface area contributed by atoms with Crippen LogP contribution >= 0.6 is 27.3 Å². The largest absolute Gasteiger partial charge is 0.253 e. The molecule has 21 heavy (non-hydrogen) atoms. The molecule has 7 heteroatoms. The first-order chi connectivity index (χ1) is 10.3.